The van der Waals surface area contributed by atoms with Crippen LogP contribution in [0.4, 0.5) is 15.8 Å². The smallest absolute Gasteiger partial charge is 0.282 e. The second-order valence-corrected chi connectivity index (χ2v) is 6.73. The fourth-order valence-corrected chi connectivity index (χ4v) is 3.42. The van der Waals surface area contributed by atoms with Gasteiger partial charge in [-0.2, -0.15) is 0 Å². The van der Waals surface area contributed by atoms with Gasteiger partial charge in [-0.25, -0.2) is 9.29 Å². The van der Waals surface area contributed by atoms with Crippen molar-refractivity contribution in [2.45, 2.75) is 0 Å². The van der Waals surface area contributed by atoms with Gasteiger partial charge >= 0.3 is 0 Å². The monoisotopic (exact) mass is 418 g/mol. The lowest BCUT2D eigenvalue weighted by molar-refractivity contribution is -0.120. The van der Waals surface area contributed by atoms with Crippen molar-refractivity contribution in [2.75, 3.05) is 24.4 Å². The zero-order valence-electron chi connectivity index (χ0n) is 16.9. The molecule has 0 radical (unpaired) electrons. The number of nitrogens with one attached hydrogen (secondary N) is 1. The van der Waals surface area contributed by atoms with E-state index in [9.17, 15) is 14.0 Å². The van der Waals surface area contributed by atoms with Crippen molar-refractivity contribution < 1.29 is 23.5 Å². The lowest BCUT2D eigenvalue weighted by atomic mass is 10.0. The van der Waals surface area contributed by atoms with Gasteiger partial charge in [-0.3, -0.25) is 9.59 Å². The van der Waals surface area contributed by atoms with E-state index in [0.717, 1.165) is 4.90 Å². The fraction of sp³-hybridized carbons (Fsp3) is 0.0833. The highest BCUT2D eigenvalue weighted by Gasteiger charge is 2.41. The van der Waals surface area contributed by atoms with Crippen LogP contribution in [0.25, 0.3) is 5.57 Å². The summed E-state index contributed by atoms with van der Waals surface area (Å²) in [5.41, 5.74) is 1.39. The van der Waals surface area contributed by atoms with Crippen LogP contribution < -0.4 is 19.7 Å². The summed E-state index contributed by atoms with van der Waals surface area (Å²) < 4.78 is 24.3. The van der Waals surface area contributed by atoms with E-state index < -0.39 is 17.6 Å². The summed E-state index contributed by atoms with van der Waals surface area (Å²) in [6.07, 6.45) is 0. The Hall–Kier alpha value is -4.13. The molecule has 4 rings (SSSR count). The number of amides is 2. The quantitative estimate of drug-likeness (QED) is 0.607. The minimum atomic E-state index is -0.584. The third-order valence-electron chi connectivity index (χ3n) is 4.87. The summed E-state index contributed by atoms with van der Waals surface area (Å²) in [6, 6.07) is 19.4. The van der Waals surface area contributed by atoms with Gasteiger partial charge in [0.25, 0.3) is 11.8 Å². The van der Waals surface area contributed by atoms with E-state index in [4.69, 9.17) is 9.47 Å². The molecule has 0 unspecified atom stereocenters. The number of hydrogen-bond donors (Lipinski definition) is 1. The molecule has 31 heavy (non-hydrogen) atoms. The first-order valence-corrected chi connectivity index (χ1v) is 9.46. The maximum atomic E-state index is 13.7. The highest BCUT2D eigenvalue weighted by molar-refractivity contribution is 6.46. The Morgan fingerprint density at radius 2 is 1.61 bits per heavy atom. The zero-order chi connectivity index (χ0) is 22.0. The van der Waals surface area contributed by atoms with Crippen LogP contribution in [0.2, 0.25) is 0 Å². The van der Waals surface area contributed by atoms with Crippen LogP contribution in [-0.4, -0.2) is 26.0 Å². The summed E-state index contributed by atoms with van der Waals surface area (Å²) in [4.78, 5) is 28.0. The second kappa shape index (κ2) is 8.31. The van der Waals surface area contributed by atoms with Crippen molar-refractivity contribution in [1.29, 1.82) is 0 Å². The summed E-state index contributed by atoms with van der Waals surface area (Å²) in [7, 11) is 2.94. The van der Waals surface area contributed by atoms with E-state index in [1.807, 2.05) is 6.07 Å². The van der Waals surface area contributed by atoms with Gasteiger partial charge in [0.05, 0.1) is 25.5 Å². The van der Waals surface area contributed by atoms with Gasteiger partial charge in [-0.05, 0) is 35.9 Å². The maximum absolute atomic E-state index is 13.7. The molecular weight excluding hydrogens is 399 g/mol. The molecule has 0 bridgehead atoms. The van der Waals surface area contributed by atoms with E-state index in [0.29, 0.717) is 22.7 Å². The average molecular weight is 418 g/mol. The number of benzene rings is 3. The molecule has 0 atom stereocenters. The normalized spacial score (nSPS) is 13.6. The van der Waals surface area contributed by atoms with E-state index in [2.05, 4.69) is 5.32 Å². The van der Waals surface area contributed by atoms with E-state index in [1.54, 1.807) is 48.5 Å². The van der Waals surface area contributed by atoms with Crippen molar-refractivity contribution >= 4 is 28.8 Å². The van der Waals surface area contributed by atoms with Gasteiger partial charge in [-0.1, -0.05) is 36.4 Å². The average Bonchev–Trinajstić information content (AvgIpc) is 3.03. The van der Waals surface area contributed by atoms with Crippen LogP contribution in [-0.2, 0) is 9.59 Å². The van der Waals surface area contributed by atoms with Crippen LogP contribution in [0.5, 0.6) is 11.5 Å². The molecule has 2 amide bonds. The molecule has 0 spiro atoms. The number of rotatable bonds is 6. The number of carbonyl (C=O) groups is 2. The molecular formula is C24H19FN2O4. The molecule has 1 N–H and O–H groups in total. The number of imide groups is 1. The van der Waals surface area contributed by atoms with Crippen LogP contribution >= 0.6 is 0 Å². The lowest BCUT2D eigenvalue weighted by Crippen LogP contribution is -2.32. The van der Waals surface area contributed by atoms with Gasteiger partial charge in [0.15, 0.2) is 0 Å². The van der Waals surface area contributed by atoms with Crippen LogP contribution in [0.15, 0.2) is 78.5 Å². The molecule has 0 aromatic heterocycles. The van der Waals surface area contributed by atoms with E-state index in [1.165, 1.54) is 32.4 Å². The largest absolute Gasteiger partial charge is 0.497 e. The second-order valence-electron chi connectivity index (χ2n) is 6.73. The first-order valence-electron chi connectivity index (χ1n) is 9.46. The third-order valence-corrected chi connectivity index (χ3v) is 4.87. The minimum absolute atomic E-state index is 0.0478. The van der Waals surface area contributed by atoms with Crippen molar-refractivity contribution in [3.8, 4) is 11.5 Å². The standard InChI is InChI=1S/C24H19FN2O4/c1-30-18-11-12-20(31-2)19(14-18)27-23(28)21(15-7-4-3-5-8-15)22(24(27)29)26-17-10-6-9-16(25)13-17/h3-14,26H,1-2H3. The number of hydrogen-bond acceptors (Lipinski definition) is 5. The minimum Gasteiger partial charge on any atom is -0.497 e. The van der Waals surface area contributed by atoms with E-state index >= 15 is 0 Å². The Morgan fingerprint density at radius 3 is 2.29 bits per heavy atom. The molecule has 1 heterocycles. The molecule has 3 aromatic carbocycles. The Balaban J connectivity index is 1.85. The number of nitrogens with zero attached hydrogens (tertiary/aromatic N) is 1. The fourth-order valence-electron chi connectivity index (χ4n) is 3.42. The van der Waals surface area contributed by atoms with Crippen LogP contribution in [0, 0.1) is 5.82 Å². The molecule has 0 saturated carbocycles. The molecule has 0 saturated heterocycles. The van der Waals surface area contributed by atoms with Gasteiger partial charge in [0.2, 0.25) is 0 Å². The highest BCUT2D eigenvalue weighted by atomic mass is 19.1. The molecule has 0 fully saturated rings. The third kappa shape index (κ3) is 3.73. The number of carbonyl (C=O) groups excluding carboxylic acids is 2. The molecule has 1 aliphatic rings. The van der Waals surface area contributed by atoms with E-state index in [-0.39, 0.29) is 17.0 Å². The number of methoxy groups -OCH3 is 2. The predicted octanol–water partition coefficient (Wildman–Crippen LogP) is 4.24. The molecule has 7 heteroatoms. The topological polar surface area (TPSA) is 67.9 Å². The summed E-state index contributed by atoms with van der Waals surface area (Å²) >= 11 is 0. The highest BCUT2D eigenvalue weighted by Crippen LogP contribution is 2.39. The first-order chi connectivity index (χ1) is 15.0. The molecule has 1 aliphatic heterocycles. The molecule has 6 nitrogen and oxygen atoms in total. The van der Waals surface area contributed by atoms with Crippen LogP contribution in [0.3, 0.4) is 0 Å². The Kier molecular flexibility index (Phi) is 5.41. The SMILES string of the molecule is COc1ccc(OC)c(N2C(=O)C(Nc3cccc(F)c3)=C(c3ccccc3)C2=O)c1. The van der Waals surface area contributed by atoms with Crippen molar-refractivity contribution in [1.82, 2.24) is 0 Å². The van der Waals surface area contributed by atoms with Crippen molar-refractivity contribution in [3.63, 3.8) is 0 Å². The Morgan fingerprint density at radius 1 is 0.839 bits per heavy atom. The lowest BCUT2D eigenvalue weighted by Gasteiger charge is -2.19. The molecule has 3 aromatic rings. The van der Waals surface area contributed by atoms with Gasteiger partial charge in [0.1, 0.15) is 23.0 Å². The van der Waals surface area contributed by atoms with Gasteiger partial charge in [-0.15, -0.1) is 0 Å². The number of halogens is 1. The summed E-state index contributed by atoms with van der Waals surface area (Å²) in [5.74, 6) is -0.776. The molecule has 0 aliphatic carbocycles. The van der Waals surface area contributed by atoms with Crippen molar-refractivity contribution in [2.24, 2.45) is 0 Å². The molecule has 156 valence electrons. The maximum Gasteiger partial charge on any atom is 0.282 e. The van der Waals surface area contributed by atoms with Crippen LogP contribution in [0.1, 0.15) is 5.56 Å². The first kappa shape index (κ1) is 20.2. The summed E-state index contributed by atoms with van der Waals surface area (Å²) in [6.45, 7) is 0. The zero-order valence-corrected chi connectivity index (χ0v) is 16.9. The van der Waals surface area contributed by atoms with Crippen molar-refractivity contribution in [3.05, 3.63) is 89.9 Å². The number of anilines is 2. The number of ether oxygens (including phenoxy) is 2. The Bertz CT molecular complexity index is 1190. The summed E-state index contributed by atoms with van der Waals surface area (Å²) in [5, 5.41) is 2.93. The predicted molar refractivity (Wildman–Crippen MR) is 115 cm³/mol. The Labute approximate surface area is 178 Å². The van der Waals surface area contributed by atoms with Gasteiger partial charge in [0, 0.05) is 11.8 Å². The van der Waals surface area contributed by atoms with Gasteiger partial charge < -0.3 is 14.8 Å².